The minimum Gasteiger partial charge on any atom is -0.455 e. The first-order chi connectivity index (χ1) is 13.2. The number of furan rings is 1. The molecule has 0 aliphatic heterocycles. The zero-order valence-electron chi connectivity index (χ0n) is 15.1. The standard InChI is InChI=1S/C25H21ClO/c1-18-11-5-2-3-8-14-20-21-15-9-10-16-23(26)25(21)27-24(20)17-22(18)19-12-6-4-7-13-19/h2-7,10-13,15-17H,1,8-9,14H2/b3-2-,11-5-,22-17?. The molecule has 0 N–H and O–H groups in total. The molecule has 134 valence electrons. The summed E-state index contributed by atoms with van der Waals surface area (Å²) in [4.78, 5) is 0. The number of allylic oxidation sites excluding steroid dienone is 8. The van der Waals surface area contributed by atoms with Gasteiger partial charge < -0.3 is 4.42 Å². The van der Waals surface area contributed by atoms with Crippen molar-refractivity contribution >= 4 is 34.4 Å². The third-order valence-corrected chi connectivity index (χ3v) is 5.13. The number of hydrogen-bond acceptors (Lipinski definition) is 1. The van der Waals surface area contributed by atoms with Crippen LogP contribution in [0.3, 0.4) is 0 Å². The Kier molecular flexibility index (Phi) is 5.13. The highest BCUT2D eigenvalue weighted by atomic mass is 35.5. The van der Waals surface area contributed by atoms with Crippen LogP contribution in [0.5, 0.6) is 0 Å². The first-order valence-corrected chi connectivity index (χ1v) is 9.59. The molecule has 0 radical (unpaired) electrons. The van der Waals surface area contributed by atoms with E-state index in [9.17, 15) is 0 Å². The van der Waals surface area contributed by atoms with Crippen LogP contribution >= 0.6 is 11.6 Å². The lowest BCUT2D eigenvalue weighted by Crippen LogP contribution is -2.23. The highest BCUT2D eigenvalue weighted by Gasteiger charge is 2.15. The van der Waals surface area contributed by atoms with Gasteiger partial charge in [-0.05, 0) is 48.1 Å². The van der Waals surface area contributed by atoms with Crippen LogP contribution < -0.4 is 10.6 Å². The van der Waals surface area contributed by atoms with E-state index in [0.717, 1.165) is 52.4 Å². The number of hydrogen-bond donors (Lipinski definition) is 0. The van der Waals surface area contributed by atoms with Crippen molar-refractivity contribution in [2.24, 2.45) is 0 Å². The molecule has 2 aromatic rings. The molecule has 2 aliphatic rings. The number of halogens is 1. The van der Waals surface area contributed by atoms with Gasteiger partial charge >= 0.3 is 0 Å². The van der Waals surface area contributed by atoms with Crippen LogP contribution in [0.15, 0.2) is 83.4 Å². The Balaban J connectivity index is 2.00. The van der Waals surface area contributed by atoms with Gasteiger partial charge in [-0.2, -0.15) is 0 Å². The Morgan fingerprint density at radius 1 is 1.00 bits per heavy atom. The fraction of sp³-hybridized carbons (Fsp3) is 0.120. The van der Waals surface area contributed by atoms with Crippen LogP contribution in [0.1, 0.15) is 29.7 Å². The molecule has 4 rings (SSSR count). The van der Waals surface area contributed by atoms with E-state index >= 15 is 0 Å². The molecule has 2 heteroatoms. The summed E-state index contributed by atoms with van der Waals surface area (Å²) in [5.41, 5.74) is 5.09. The molecule has 27 heavy (non-hydrogen) atoms. The third kappa shape index (κ3) is 3.70. The summed E-state index contributed by atoms with van der Waals surface area (Å²) in [7, 11) is 0. The van der Waals surface area contributed by atoms with Gasteiger partial charge in [0.05, 0.1) is 5.03 Å². The van der Waals surface area contributed by atoms with Crippen molar-refractivity contribution in [3.05, 3.63) is 106 Å². The van der Waals surface area contributed by atoms with Crippen molar-refractivity contribution in [2.75, 3.05) is 0 Å². The maximum absolute atomic E-state index is 6.48. The third-order valence-electron chi connectivity index (χ3n) is 4.83. The van der Waals surface area contributed by atoms with E-state index in [2.05, 4.69) is 49.1 Å². The molecule has 0 saturated heterocycles. The predicted molar refractivity (Wildman–Crippen MR) is 115 cm³/mol. The van der Waals surface area contributed by atoms with E-state index < -0.39 is 0 Å². The van der Waals surface area contributed by atoms with Gasteiger partial charge in [0.2, 0.25) is 0 Å². The van der Waals surface area contributed by atoms with Gasteiger partial charge in [-0.1, -0.05) is 85.0 Å². The molecule has 0 unspecified atom stereocenters. The van der Waals surface area contributed by atoms with Crippen LogP contribution in [-0.2, 0) is 6.42 Å². The fourth-order valence-electron chi connectivity index (χ4n) is 3.47. The van der Waals surface area contributed by atoms with E-state index in [-0.39, 0.29) is 0 Å². The first kappa shape index (κ1) is 17.6. The molecule has 0 atom stereocenters. The lowest BCUT2D eigenvalue weighted by Gasteiger charge is -2.08. The Labute approximate surface area is 164 Å². The lowest BCUT2D eigenvalue weighted by molar-refractivity contribution is 0.519. The normalized spacial score (nSPS) is 19.1. The Hall–Kier alpha value is -2.77. The van der Waals surface area contributed by atoms with Crippen molar-refractivity contribution in [2.45, 2.75) is 19.3 Å². The van der Waals surface area contributed by atoms with Crippen molar-refractivity contribution in [1.29, 1.82) is 0 Å². The second-order valence-electron chi connectivity index (χ2n) is 6.65. The first-order valence-electron chi connectivity index (χ1n) is 9.22. The van der Waals surface area contributed by atoms with Crippen LogP contribution in [-0.4, -0.2) is 0 Å². The van der Waals surface area contributed by atoms with Crippen molar-refractivity contribution < 1.29 is 4.42 Å². The molecule has 0 fully saturated rings. The smallest absolute Gasteiger partial charge is 0.153 e. The van der Waals surface area contributed by atoms with Gasteiger partial charge in [-0.3, -0.25) is 0 Å². The molecule has 2 aliphatic carbocycles. The zero-order chi connectivity index (χ0) is 18.6. The molecule has 1 nitrogen and oxygen atoms in total. The Bertz CT molecular complexity index is 1110. The topological polar surface area (TPSA) is 13.1 Å². The number of benzene rings is 1. The summed E-state index contributed by atoms with van der Waals surface area (Å²) in [5.74, 6) is 0.869. The molecular formula is C25H21ClO. The Morgan fingerprint density at radius 2 is 1.85 bits per heavy atom. The predicted octanol–water partition coefficient (Wildman–Crippen LogP) is 5.52. The summed E-state index contributed by atoms with van der Waals surface area (Å²) in [6.45, 7) is 4.28. The van der Waals surface area contributed by atoms with Gasteiger partial charge in [0.1, 0.15) is 5.76 Å². The quantitative estimate of drug-likeness (QED) is 0.642. The van der Waals surface area contributed by atoms with Crippen LogP contribution in [0.4, 0.5) is 0 Å². The minimum atomic E-state index is 0.655. The summed E-state index contributed by atoms with van der Waals surface area (Å²) >= 11 is 6.48. The van der Waals surface area contributed by atoms with E-state index in [0.29, 0.717) is 5.03 Å². The average Bonchev–Trinajstić information content (AvgIpc) is 2.90. The highest BCUT2D eigenvalue weighted by Crippen LogP contribution is 2.27. The summed E-state index contributed by atoms with van der Waals surface area (Å²) < 4.78 is 6.28. The molecular weight excluding hydrogens is 352 g/mol. The van der Waals surface area contributed by atoms with Gasteiger partial charge in [-0.25, -0.2) is 0 Å². The van der Waals surface area contributed by atoms with Gasteiger partial charge in [-0.15, -0.1) is 0 Å². The van der Waals surface area contributed by atoms with E-state index in [1.807, 2.05) is 36.4 Å². The van der Waals surface area contributed by atoms with Gasteiger partial charge in [0, 0.05) is 10.8 Å². The lowest BCUT2D eigenvalue weighted by atomic mass is 9.96. The van der Waals surface area contributed by atoms with Crippen molar-refractivity contribution in [3.63, 3.8) is 0 Å². The van der Waals surface area contributed by atoms with Crippen LogP contribution in [0.2, 0.25) is 0 Å². The molecule has 0 saturated carbocycles. The number of fused-ring (bicyclic) bond motifs is 3. The summed E-state index contributed by atoms with van der Waals surface area (Å²) in [5, 5.41) is 1.78. The van der Waals surface area contributed by atoms with Gasteiger partial charge in [0.15, 0.2) is 5.42 Å². The molecule has 1 heterocycles. The monoisotopic (exact) mass is 372 g/mol. The fourth-order valence-corrected chi connectivity index (χ4v) is 3.70. The highest BCUT2D eigenvalue weighted by molar-refractivity contribution is 6.47. The van der Waals surface area contributed by atoms with Gasteiger partial charge in [0.25, 0.3) is 0 Å². The zero-order valence-corrected chi connectivity index (χ0v) is 15.9. The molecule has 0 amide bonds. The molecule has 0 bridgehead atoms. The van der Waals surface area contributed by atoms with Crippen molar-refractivity contribution in [1.82, 2.24) is 0 Å². The maximum Gasteiger partial charge on any atom is 0.153 e. The van der Waals surface area contributed by atoms with Crippen LogP contribution in [0, 0.1) is 0 Å². The summed E-state index contributed by atoms with van der Waals surface area (Å²) in [6.07, 6.45) is 19.4. The SMILES string of the molecule is C=C1/C=C\C=C/CCc2c(oc3c2=CCC=CC=3Cl)C=C1c1ccccc1. The Morgan fingerprint density at radius 3 is 2.70 bits per heavy atom. The second-order valence-corrected chi connectivity index (χ2v) is 7.06. The maximum atomic E-state index is 6.48. The second kappa shape index (κ2) is 7.85. The largest absolute Gasteiger partial charge is 0.455 e. The van der Waals surface area contributed by atoms with E-state index in [1.165, 1.54) is 5.56 Å². The molecule has 1 aromatic heterocycles. The van der Waals surface area contributed by atoms with Crippen molar-refractivity contribution in [3.8, 4) is 0 Å². The van der Waals surface area contributed by atoms with E-state index in [4.69, 9.17) is 16.0 Å². The average molecular weight is 373 g/mol. The minimum absolute atomic E-state index is 0.655. The van der Waals surface area contributed by atoms with E-state index in [1.54, 1.807) is 0 Å². The van der Waals surface area contributed by atoms with Crippen LogP contribution in [0.25, 0.3) is 22.8 Å². The summed E-state index contributed by atoms with van der Waals surface area (Å²) in [6, 6.07) is 10.3. The molecule has 0 spiro atoms. The molecule has 1 aromatic carbocycles. The number of rotatable bonds is 1.